The molecule has 1 aromatic carbocycles. The fraction of sp³-hybridized carbons (Fsp3) is 0.286. The van der Waals surface area contributed by atoms with Gasteiger partial charge in [0.25, 0.3) is 0 Å². The van der Waals surface area contributed by atoms with E-state index < -0.39 is 0 Å². The lowest BCUT2D eigenvalue weighted by Gasteiger charge is -2.11. The summed E-state index contributed by atoms with van der Waals surface area (Å²) in [5, 5.41) is 13.0. The Morgan fingerprint density at radius 3 is 2.95 bits per heavy atom. The first kappa shape index (κ1) is 13.7. The van der Waals surface area contributed by atoms with E-state index in [0.717, 1.165) is 9.88 Å². The monoisotopic (exact) mass is 275 g/mol. The Morgan fingerprint density at radius 1 is 1.53 bits per heavy atom. The third-order valence-electron chi connectivity index (χ3n) is 2.78. The summed E-state index contributed by atoms with van der Waals surface area (Å²) in [6, 6.07) is 6.45. The number of thiazole rings is 1. The molecule has 2 rings (SSSR count). The molecule has 0 bridgehead atoms. The highest BCUT2D eigenvalue weighted by Gasteiger charge is 2.10. The minimum Gasteiger partial charge on any atom is -0.304 e. The Balaban J connectivity index is 2.04. The second-order valence-corrected chi connectivity index (χ2v) is 5.60. The van der Waals surface area contributed by atoms with Crippen LogP contribution in [0.25, 0.3) is 0 Å². The molecular formula is C14H14FN3S. The Morgan fingerprint density at radius 2 is 2.32 bits per heavy atom. The van der Waals surface area contributed by atoms with E-state index in [-0.39, 0.29) is 11.9 Å². The van der Waals surface area contributed by atoms with Crippen molar-refractivity contribution in [1.82, 2.24) is 10.3 Å². The lowest BCUT2D eigenvalue weighted by molar-refractivity contribution is 0.542. The molecule has 0 spiro atoms. The number of nitrogens with one attached hydrogen (secondary N) is 1. The molecule has 1 N–H and O–H groups in total. The molecule has 0 amide bonds. The first-order valence-electron chi connectivity index (χ1n) is 5.94. The molecule has 0 radical (unpaired) electrons. The lowest BCUT2D eigenvalue weighted by Crippen LogP contribution is -2.18. The smallest absolute Gasteiger partial charge is 0.127 e. The van der Waals surface area contributed by atoms with Gasteiger partial charge in [0.15, 0.2) is 0 Å². The first-order valence-corrected chi connectivity index (χ1v) is 6.76. The zero-order valence-corrected chi connectivity index (χ0v) is 11.6. The van der Waals surface area contributed by atoms with E-state index in [4.69, 9.17) is 5.26 Å². The van der Waals surface area contributed by atoms with Gasteiger partial charge in [0.05, 0.1) is 17.7 Å². The van der Waals surface area contributed by atoms with Crippen LogP contribution in [0.4, 0.5) is 4.39 Å². The predicted octanol–water partition coefficient (Wildman–Crippen LogP) is 3.31. The minimum absolute atomic E-state index is 0.0591. The van der Waals surface area contributed by atoms with Gasteiger partial charge in [0.2, 0.25) is 0 Å². The maximum Gasteiger partial charge on any atom is 0.127 e. The topological polar surface area (TPSA) is 48.7 Å². The zero-order chi connectivity index (χ0) is 13.8. The molecule has 0 aliphatic carbocycles. The average molecular weight is 275 g/mol. The number of aryl methyl sites for hydroxylation is 1. The Kier molecular flexibility index (Phi) is 4.25. The fourth-order valence-corrected chi connectivity index (χ4v) is 2.50. The molecule has 1 unspecified atom stereocenters. The molecule has 1 atom stereocenters. The van der Waals surface area contributed by atoms with Crippen molar-refractivity contribution < 1.29 is 4.39 Å². The van der Waals surface area contributed by atoms with Crippen LogP contribution in [0.5, 0.6) is 0 Å². The summed E-state index contributed by atoms with van der Waals surface area (Å²) in [6.45, 7) is 4.37. The highest BCUT2D eigenvalue weighted by molar-refractivity contribution is 7.11. The molecule has 0 fully saturated rings. The molecule has 5 heteroatoms. The number of benzene rings is 1. The van der Waals surface area contributed by atoms with E-state index in [9.17, 15) is 4.39 Å². The maximum atomic E-state index is 13.6. The van der Waals surface area contributed by atoms with Crippen LogP contribution in [0.2, 0.25) is 0 Å². The number of nitrogens with zero attached hydrogens (tertiary/aromatic N) is 2. The number of rotatable bonds is 4. The van der Waals surface area contributed by atoms with Gasteiger partial charge >= 0.3 is 0 Å². The van der Waals surface area contributed by atoms with E-state index in [1.807, 2.05) is 26.1 Å². The summed E-state index contributed by atoms with van der Waals surface area (Å²) in [7, 11) is 0. The Labute approximate surface area is 115 Å². The largest absolute Gasteiger partial charge is 0.304 e. The summed E-state index contributed by atoms with van der Waals surface area (Å²) in [5.41, 5.74) is 0.968. The Hall–Kier alpha value is -1.77. The predicted molar refractivity (Wildman–Crippen MR) is 73.2 cm³/mol. The summed E-state index contributed by atoms with van der Waals surface area (Å²) < 4.78 is 13.6. The van der Waals surface area contributed by atoms with Gasteiger partial charge in [-0.2, -0.15) is 5.26 Å². The van der Waals surface area contributed by atoms with Gasteiger partial charge in [-0.1, -0.05) is 0 Å². The van der Waals surface area contributed by atoms with Crippen molar-refractivity contribution in [3.05, 3.63) is 51.2 Å². The molecule has 0 aliphatic rings. The lowest BCUT2D eigenvalue weighted by atomic mass is 10.1. The quantitative estimate of drug-likeness (QED) is 0.931. The van der Waals surface area contributed by atoms with Gasteiger partial charge in [-0.3, -0.25) is 0 Å². The third kappa shape index (κ3) is 3.37. The van der Waals surface area contributed by atoms with Gasteiger partial charge in [-0.25, -0.2) is 9.37 Å². The number of hydrogen-bond acceptors (Lipinski definition) is 4. The molecule has 2 aromatic rings. The second-order valence-electron chi connectivity index (χ2n) is 4.33. The van der Waals surface area contributed by atoms with Crippen LogP contribution in [-0.2, 0) is 6.54 Å². The molecule has 19 heavy (non-hydrogen) atoms. The minimum atomic E-state index is -0.297. The number of aromatic nitrogens is 1. The molecule has 0 saturated heterocycles. The van der Waals surface area contributed by atoms with Gasteiger partial charge in [-0.05, 0) is 32.0 Å². The molecule has 1 aromatic heterocycles. The van der Waals surface area contributed by atoms with Gasteiger partial charge in [-0.15, -0.1) is 11.3 Å². The number of nitriles is 1. The van der Waals surface area contributed by atoms with E-state index >= 15 is 0 Å². The fourth-order valence-electron chi connectivity index (χ4n) is 1.70. The molecule has 3 nitrogen and oxygen atoms in total. The van der Waals surface area contributed by atoms with Crippen molar-refractivity contribution in [3.63, 3.8) is 0 Å². The summed E-state index contributed by atoms with van der Waals surface area (Å²) in [5.74, 6) is -0.297. The van der Waals surface area contributed by atoms with Crippen molar-refractivity contribution in [1.29, 1.82) is 5.26 Å². The van der Waals surface area contributed by atoms with Gasteiger partial charge in [0, 0.05) is 23.2 Å². The van der Waals surface area contributed by atoms with Crippen molar-refractivity contribution in [2.75, 3.05) is 0 Å². The summed E-state index contributed by atoms with van der Waals surface area (Å²) >= 11 is 1.62. The van der Waals surface area contributed by atoms with E-state index in [1.54, 1.807) is 17.4 Å². The van der Waals surface area contributed by atoms with Crippen molar-refractivity contribution in [2.45, 2.75) is 26.4 Å². The van der Waals surface area contributed by atoms with Crippen molar-refractivity contribution in [3.8, 4) is 6.07 Å². The number of hydrogen-bond donors (Lipinski definition) is 1. The molecule has 0 aliphatic heterocycles. The highest BCUT2D eigenvalue weighted by atomic mass is 32.1. The SMILES string of the molecule is Cc1cnc(C(C)NCc2cc(C#N)ccc2F)s1. The first-order chi connectivity index (χ1) is 9.10. The Bertz CT molecular complexity index is 615. The van der Waals surface area contributed by atoms with E-state index in [0.29, 0.717) is 17.7 Å². The van der Waals surface area contributed by atoms with Gasteiger partial charge in [0.1, 0.15) is 10.8 Å². The summed E-state index contributed by atoms with van der Waals surface area (Å²) in [6.07, 6.45) is 1.83. The van der Waals surface area contributed by atoms with Gasteiger partial charge < -0.3 is 5.32 Å². The van der Waals surface area contributed by atoms with Crippen molar-refractivity contribution >= 4 is 11.3 Å². The van der Waals surface area contributed by atoms with Crippen LogP contribution < -0.4 is 5.32 Å². The standard InChI is InChI=1S/C14H14FN3S/c1-9-7-18-14(19-9)10(2)17-8-12-5-11(6-16)3-4-13(12)15/h3-5,7,10,17H,8H2,1-2H3. The normalized spacial score (nSPS) is 12.1. The zero-order valence-electron chi connectivity index (χ0n) is 10.8. The molecule has 1 heterocycles. The molecule has 98 valence electrons. The van der Waals surface area contributed by atoms with Crippen molar-refractivity contribution in [2.24, 2.45) is 0 Å². The third-order valence-corrected chi connectivity index (χ3v) is 3.88. The van der Waals surface area contributed by atoms with Crippen LogP contribution in [0.15, 0.2) is 24.4 Å². The van der Waals surface area contributed by atoms with Crippen LogP contribution >= 0.6 is 11.3 Å². The number of halogens is 1. The van der Waals surface area contributed by atoms with Crippen LogP contribution in [0, 0.1) is 24.1 Å². The van der Waals surface area contributed by atoms with E-state index in [1.165, 1.54) is 12.1 Å². The van der Waals surface area contributed by atoms with E-state index in [2.05, 4.69) is 10.3 Å². The summed E-state index contributed by atoms with van der Waals surface area (Å²) in [4.78, 5) is 5.45. The maximum absolute atomic E-state index is 13.6. The molecular weight excluding hydrogens is 261 g/mol. The second kappa shape index (κ2) is 5.91. The highest BCUT2D eigenvalue weighted by Crippen LogP contribution is 2.19. The average Bonchev–Trinajstić information content (AvgIpc) is 2.84. The van der Waals surface area contributed by atoms with Crippen LogP contribution in [-0.4, -0.2) is 4.98 Å². The molecule has 0 saturated carbocycles. The van der Waals surface area contributed by atoms with Crippen LogP contribution in [0.1, 0.15) is 34.0 Å². The van der Waals surface area contributed by atoms with Crippen LogP contribution in [0.3, 0.4) is 0 Å².